The second kappa shape index (κ2) is 12.8. The Balaban J connectivity index is 0.000000948. The molecule has 9 nitrogen and oxygen atoms in total. The molecule has 2 aliphatic heterocycles. The number of pyridine rings is 2. The lowest BCUT2D eigenvalue weighted by Crippen LogP contribution is -2.16. The second-order valence-electron chi connectivity index (χ2n) is 12.3. The van der Waals surface area contributed by atoms with E-state index in [2.05, 4.69) is 37.6 Å². The van der Waals surface area contributed by atoms with Crippen LogP contribution in [0.5, 0.6) is 0 Å². The first-order chi connectivity index (χ1) is 22.2. The number of aryl methyl sites for hydroxylation is 4. The number of rotatable bonds is 7. The minimum atomic E-state index is 0.187. The average Bonchev–Trinajstić information content (AvgIpc) is 3.42. The molecule has 0 radical (unpaired) electrons. The van der Waals surface area contributed by atoms with E-state index in [0.29, 0.717) is 17.7 Å². The van der Waals surface area contributed by atoms with Crippen molar-refractivity contribution in [3.8, 4) is 21.9 Å². The Morgan fingerprint density at radius 2 is 1.87 bits per heavy atom. The van der Waals surface area contributed by atoms with Crippen LogP contribution in [0.25, 0.3) is 32.1 Å². The van der Waals surface area contributed by atoms with Crippen LogP contribution in [0, 0.1) is 12.8 Å². The molecule has 9 rings (SSSR count). The summed E-state index contributed by atoms with van der Waals surface area (Å²) in [5, 5.41) is 12.5. The molecule has 11 heteroatoms. The zero-order chi connectivity index (χ0) is 30.2. The summed E-state index contributed by atoms with van der Waals surface area (Å²) in [7, 11) is 0. The molecular formula is C34H37N7O2S2. The highest BCUT2D eigenvalue weighted by Gasteiger charge is 2.30. The molecule has 232 valence electrons. The van der Waals surface area contributed by atoms with Crippen molar-refractivity contribution in [2.45, 2.75) is 82.1 Å². The fourth-order valence-electron chi connectivity index (χ4n) is 6.47. The van der Waals surface area contributed by atoms with Crippen LogP contribution < -0.4 is 5.32 Å². The van der Waals surface area contributed by atoms with Gasteiger partial charge in [-0.2, -0.15) is 0 Å². The van der Waals surface area contributed by atoms with Crippen molar-refractivity contribution in [2.75, 3.05) is 24.3 Å². The molecule has 45 heavy (non-hydrogen) atoms. The zero-order valence-corrected chi connectivity index (χ0v) is 27.2. The Hall–Kier alpha value is -3.41. The van der Waals surface area contributed by atoms with E-state index in [1.165, 1.54) is 41.1 Å². The Labute approximate surface area is 271 Å². The number of nitrogens with one attached hydrogen (secondary N) is 1. The molecule has 0 spiro atoms. The minimum Gasteiger partial charge on any atom is -0.421 e. The van der Waals surface area contributed by atoms with Crippen molar-refractivity contribution in [1.29, 1.82) is 0 Å². The second-order valence-corrected chi connectivity index (χ2v) is 14.4. The first-order valence-corrected chi connectivity index (χ1v) is 18.0. The molecule has 0 amide bonds. The third-order valence-corrected chi connectivity index (χ3v) is 11.2. The summed E-state index contributed by atoms with van der Waals surface area (Å²) in [4.78, 5) is 21.6. The summed E-state index contributed by atoms with van der Waals surface area (Å²) in [6.45, 7) is 3.54. The lowest BCUT2D eigenvalue weighted by Gasteiger charge is -2.22. The first-order valence-electron chi connectivity index (χ1n) is 16.2. The van der Waals surface area contributed by atoms with Gasteiger partial charge in [-0.3, -0.25) is 9.97 Å². The van der Waals surface area contributed by atoms with Crippen molar-refractivity contribution < 1.29 is 9.15 Å². The van der Waals surface area contributed by atoms with E-state index in [0.717, 1.165) is 102 Å². The quantitative estimate of drug-likeness (QED) is 0.189. The Bertz CT molecular complexity index is 1830. The van der Waals surface area contributed by atoms with E-state index in [9.17, 15) is 0 Å². The molecule has 4 aliphatic rings. The van der Waals surface area contributed by atoms with E-state index >= 15 is 0 Å². The summed E-state index contributed by atoms with van der Waals surface area (Å²) in [5.74, 6) is 3.64. The highest BCUT2D eigenvalue weighted by molar-refractivity contribution is 7.99. The fourth-order valence-corrected chi connectivity index (χ4v) is 8.83. The van der Waals surface area contributed by atoms with E-state index in [1.54, 1.807) is 17.7 Å². The molecular weight excluding hydrogens is 603 g/mol. The molecule has 1 N–H and O–H groups in total. The monoisotopic (exact) mass is 639 g/mol. The van der Waals surface area contributed by atoms with Crippen LogP contribution in [0.3, 0.4) is 0 Å². The van der Waals surface area contributed by atoms with Crippen LogP contribution in [-0.2, 0) is 24.0 Å². The normalized spacial score (nSPS) is 18.8. The van der Waals surface area contributed by atoms with Gasteiger partial charge in [0.1, 0.15) is 12.1 Å². The number of hydrogen-bond acceptors (Lipinski definition) is 11. The van der Waals surface area contributed by atoms with Crippen LogP contribution in [0.4, 0.5) is 5.82 Å². The fraction of sp³-hybridized carbons (Fsp3) is 0.471. The van der Waals surface area contributed by atoms with Crippen LogP contribution in [0.1, 0.15) is 79.5 Å². The topological polar surface area (TPSA) is 112 Å². The highest BCUT2D eigenvalue weighted by Crippen LogP contribution is 2.49. The summed E-state index contributed by atoms with van der Waals surface area (Å²) in [5.41, 5.74) is 7.71. The third-order valence-electron chi connectivity index (χ3n) is 8.95. The maximum absolute atomic E-state index is 6.11. The summed E-state index contributed by atoms with van der Waals surface area (Å²) in [6.07, 6.45) is 15.1. The molecule has 7 heterocycles. The van der Waals surface area contributed by atoms with Gasteiger partial charge >= 0.3 is 0 Å². The molecule has 1 saturated heterocycles. The molecule has 2 fully saturated rings. The van der Waals surface area contributed by atoms with E-state index in [1.807, 2.05) is 30.9 Å². The number of hydrogen-bond donors (Lipinski definition) is 1. The Kier molecular flexibility index (Phi) is 8.23. The van der Waals surface area contributed by atoms with Crippen molar-refractivity contribution in [1.82, 2.24) is 30.1 Å². The van der Waals surface area contributed by atoms with E-state index in [-0.39, 0.29) is 6.04 Å². The van der Waals surface area contributed by atoms with Crippen LogP contribution in [0.15, 0.2) is 40.0 Å². The van der Waals surface area contributed by atoms with Gasteiger partial charge in [0.2, 0.25) is 11.8 Å². The number of anilines is 1. The Morgan fingerprint density at radius 3 is 2.69 bits per heavy atom. The van der Waals surface area contributed by atoms with Gasteiger partial charge in [0, 0.05) is 59.5 Å². The maximum Gasteiger partial charge on any atom is 0.250 e. The van der Waals surface area contributed by atoms with Crippen molar-refractivity contribution in [3.05, 3.63) is 59.3 Å². The Morgan fingerprint density at radius 1 is 0.978 bits per heavy atom. The van der Waals surface area contributed by atoms with Crippen LogP contribution in [-0.4, -0.2) is 49.1 Å². The molecule has 5 aromatic rings. The highest BCUT2D eigenvalue weighted by atomic mass is 32.2. The van der Waals surface area contributed by atoms with Gasteiger partial charge in [-0.05, 0) is 62.1 Å². The largest absolute Gasteiger partial charge is 0.421 e. The van der Waals surface area contributed by atoms with E-state index < -0.39 is 0 Å². The minimum absolute atomic E-state index is 0.187. The van der Waals surface area contributed by atoms with E-state index in [4.69, 9.17) is 19.1 Å². The summed E-state index contributed by atoms with van der Waals surface area (Å²) < 4.78 is 12.8. The molecule has 1 unspecified atom stereocenters. The van der Waals surface area contributed by atoms with Crippen LogP contribution >= 0.6 is 23.1 Å². The maximum atomic E-state index is 6.11. The number of fused-ring (bicyclic) bond motifs is 3. The lowest BCUT2D eigenvalue weighted by atomic mass is 9.91. The first kappa shape index (κ1) is 29.0. The van der Waals surface area contributed by atoms with Gasteiger partial charge in [-0.15, -0.1) is 33.3 Å². The number of ether oxygens (including phenoxy) is 1. The number of thioether (sulfide) groups is 1. The molecule has 1 saturated carbocycles. The van der Waals surface area contributed by atoms with Gasteiger partial charge in [0.25, 0.3) is 0 Å². The number of thiophene rings is 1. The standard InChI is InChI=1S/C31H31N7O2S2.C3H6/c1-17-37-38-31(40-17)26-22(5-4-18-8-12-39-13-9-18)35-23-10-14-41-28(23)27(26)25-15-24-29(42-25)30(34-16-33-24)36-21-7-6-20-19(21)3-2-11-32-20;1-2-3-1/h2-3,11,15-16,18,21H,4-10,12-14H2,1H3,(H,33,34,36);1-3H2. The summed E-state index contributed by atoms with van der Waals surface area (Å²) >= 11 is 3.60. The van der Waals surface area contributed by atoms with Gasteiger partial charge in [0.15, 0.2) is 0 Å². The lowest BCUT2D eigenvalue weighted by molar-refractivity contribution is 0.0639. The molecule has 5 aromatic heterocycles. The SMILES string of the molecule is C1CC1.Cc1nnc(-c2c(CCC3CCOCC3)nc3c(c2-c2cc4ncnc(NC5CCc6ncccc65)c4s2)SCC3)o1. The third kappa shape index (κ3) is 6.09. The molecule has 2 aliphatic carbocycles. The van der Waals surface area contributed by atoms with Gasteiger partial charge < -0.3 is 14.5 Å². The van der Waals surface area contributed by atoms with Gasteiger partial charge in [-0.1, -0.05) is 25.3 Å². The molecule has 1 atom stereocenters. The van der Waals surface area contributed by atoms with Gasteiger partial charge in [-0.25, -0.2) is 9.97 Å². The number of aromatic nitrogens is 6. The van der Waals surface area contributed by atoms with Crippen molar-refractivity contribution >= 4 is 39.1 Å². The predicted octanol–water partition coefficient (Wildman–Crippen LogP) is 7.78. The predicted molar refractivity (Wildman–Crippen MR) is 178 cm³/mol. The number of nitrogens with zero attached hydrogens (tertiary/aromatic N) is 6. The van der Waals surface area contributed by atoms with Crippen molar-refractivity contribution in [3.63, 3.8) is 0 Å². The molecule has 0 bridgehead atoms. The van der Waals surface area contributed by atoms with Crippen molar-refractivity contribution in [2.24, 2.45) is 5.92 Å². The average molecular weight is 640 g/mol. The smallest absolute Gasteiger partial charge is 0.250 e. The van der Waals surface area contributed by atoms with Crippen LogP contribution in [0.2, 0.25) is 0 Å². The molecule has 0 aromatic carbocycles. The zero-order valence-electron chi connectivity index (χ0n) is 25.6. The van der Waals surface area contributed by atoms with Gasteiger partial charge in [0.05, 0.1) is 33.2 Å². The summed E-state index contributed by atoms with van der Waals surface area (Å²) in [6, 6.07) is 6.57.